The van der Waals surface area contributed by atoms with E-state index in [1.165, 1.54) is 0 Å². The van der Waals surface area contributed by atoms with E-state index in [4.69, 9.17) is 4.74 Å². The minimum Gasteiger partial charge on any atom is -0.464 e. The van der Waals surface area contributed by atoms with Crippen molar-refractivity contribution in [2.75, 3.05) is 13.2 Å². The Morgan fingerprint density at radius 2 is 2.21 bits per heavy atom. The first-order valence-corrected chi connectivity index (χ1v) is 5.67. The molecule has 1 fully saturated rings. The van der Waals surface area contributed by atoms with Crippen LogP contribution in [0, 0.1) is 0 Å². The molecule has 1 unspecified atom stereocenters. The van der Waals surface area contributed by atoms with Gasteiger partial charge in [0.05, 0.1) is 6.61 Å². The Morgan fingerprint density at radius 1 is 1.43 bits per heavy atom. The van der Waals surface area contributed by atoms with Crippen LogP contribution in [0.3, 0.4) is 0 Å². The van der Waals surface area contributed by atoms with Crippen LogP contribution >= 0.6 is 0 Å². The highest BCUT2D eigenvalue weighted by molar-refractivity contribution is 5.81. The molecule has 1 rings (SSSR count). The van der Waals surface area contributed by atoms with Crippen molar-refractivity contribution in [3.8, 4) is 0 Å². The van der Waals surface area contributed by atoms with Gasteiger partial charge < -0.3 is 10.1 Å². The molecule has 1 aliphatic rings. The van der Waals surface area contributed by atoms with Crippen molar-refractivity contribution in [3.63, 3.8) is 0 Å². The highest BCUT2D eigenvalue weighted by Gasteiger charge is 2.41. The molecule has 0 saturated carbocycles. The first-order chi connectivity index (χ1) is 6.75. The molecule has 0 aliphatic carbocycles. The standard InChI is InChI=1S/C11H21NO2/c1-3-6-11(7-5-8-12-11)10(13)14-9-4-2/h12H,3-9H2,1-2H3. The van der Waals surface area contributed by atoms with Crippen molar-refractivity contribution in [1.82, 2.24) is 5.32 Å². The zero-order chi connectivity index (χ0) is 10.4. The lowest BCUT2D eigenvalue weighted by atomic mass is 9.92. The van der Waals surface area contributed by atoms with E-state index in [2.05, 4.69) is 12.2 Å². The van der Waals surface area contributed by atoms with Gasteiger partial charge in [-0.2, -0.15) is 0 Å². The van der Waals surface area contributed by atoms with Gasteiger partial charge in [0.15, 0.2) is 0 Å². The maximum atomic E-state index is 11.8. The Kier molecular flexibility index (Phi) is 4.39. The second-order valence-electron chi connectivity index (χ2n) is 4.00. The van der Waals surface area contributed by atoms with Crippen molar-refractivity contribution in [1.29, 1.82) is 0 Å². The van der Waals surface area contributed by atoms with Gasteiger partial charge in [0.1, 0.15) is 5.54 Å². The van der Waals surface area contributed by atoms with Gasteiger partial charge in [0.25, 0.3) is 0 Å². The van der Waals surface area contributed by atoms with E-state index < -0.39 is 0 Å². The van der Waals surface area contributed by atoms with E-state index in [1.807, 2.05) is 6.92 Å². The average Bonchev–Trinajstić information content (AvgIpc) is 2.64. The normalized spacial score (nSPS) is 26.4. The summed E-state index contributed by atoms with van der Waals surface area (Å²) >= 11 is 0. The average molecular weight is 199 g/mol. The Hall–Kier alpha value is -0.570. The maximum absolute atomic E-state index is 11.8. The molecule has 1 N–H and O–H groups in total. The number of hydrogen-bond donors (Lipinski definition) is 1. The van der Waals surface area contributed by atoms with E-state index in [0.29, 0.717) is 6.61 Å². The third-order valence-corrected chi connectivity index (χ3v) is 2.75. The van der Waals surface area contributed by atoms with Gasteiger partial charge in [-0.25, -0.2) is 0 Å². The molecule has 14 heavy (non-hydrogen) atoms. The predicted molar refractivity (Wildman–Crippen MR) is 56.1 cm³/mol. The molecular formula is C11H21NO2. The first kappa shape index (κ1) is 11.5. The summed E-state index contributed by atoms with van der Waals surface area (Å²) in [6, 6.07) is 0. The molecule has 1 aliphatic heterocycles. The minimum atomic E-state index is -0.357. The van der Waals surface area contributed by atoms with Crippen LogP contribution < -0.4 is 5.32 Å². The highest BCUT2D eigenvalue weighted by atomic mass is 16.5. The number of rotatable bonds is 5. The van der Waals surface area contributed by atoms with Crippen LogP contribution in [0.25, 0.3) is 0 Å². The van der Waals surface area contributed by atoms with E-state index in [0.717, 1.165) is 38.6 Å². The molecule has 0 bridgehead atoms. The maximum Gasteiger partial charge on any atom is 0.326 e. The van der Waals surface area contributed by atoms with E-state index in [-0.39, 0.29) is 11.5 Å². The van der Waals surface area contributed by atoms with Gasteiger partial charge in [-0.05, 0) is 32.2 Å². The van der Waals surface area contributed by atoms with Crippen molar-refractivity contribution in [2.24, 2.45) is 0 Å². The molecule has 0 aromatic heterocycles. The quantitative estimate of drug-likeness (QED) is 0.687. The van der Waals surface area contributed by atoms with Crippen LogP contribution in [0.4, 0.5) is 0 Å². The summed E-state index contributed by atoms with van der Waals surface area (Å²) in [6.07, 6.45) is 4.84. The van der Waals surface area contributed by atoms with Crippen molar-refractivity contribution < 1.29 is 9.53 Å². The lowest BCUT2D eigenvalue weighted by Crippen LogP contribution is -2.48. The fourth-order valence-corrected chi connectivity index (χ4v) is 2.06. The Morgan fingerprint density at radius 3 is 2.71 bits per heavy atom. The fraction of sp³-hybridized carbons (Fsp3) is 0.909. The van der Waals surface area contributed by atoms with Gasteiger partial charge in [0.2, 0.25) is 0 Å². The molecule has 1 atom stereocenters. The SMILES string of the molecule is CCCOC(=O)C1(CCC)CCCN1. The molecule has 1 heterocycles. The number of nitrogens with one attached hydrogen (secondary N) is 1. The number of carbonyl (C=O) groups excluding carboxylic acids is 1. The predicted octanol–water partition coefficient (Wildman–Crippen LogP) is 1.86. The van der Waals surface area contributed by atoms with Crippen LogP contribution in [-0.4, -0.2) is 24.7 Å². The Bertz CT molecular complexity index is 186. The molecule has 3 heteroatoms. The smallest absolute Gasteiger partial charge is 0.326 e. The molecule has 3 nitrogen and oxygen atoms in total. The summed E-state index contributed by atoms with van der Waals surface area (Å²) in [5, 5.41) is 3.31. The van der Waals surface area contributed by atoms with Crippen molar-refractivity contribution >= 4 is 5.97 Å². The van der Waals surface area contributed by atoms with Gasteiger partial charge in [0, 0.05) is 0 Å². The van der Waals surface area contributed by atoms with Gasteiger partial charge >= 0.3 is 5.97 Å². The second-order valence-corrected chi connectivity index (χ2v) is 4.00. The van der Waals surface area contributed by atoms with E-state index >= 15 is 0 Å². The highest BCUT2D eigenvalue weighted by Crippen LogP contribution is 2.26. The van der Waals surface area contributed by atoms with E-state index in [1.54, 1.807) is 0 Å². The van der Waals surface area contributed by atoms with Crippen molar-refractivity contribution in [3.05, 3.63) is 0 Å². The summed E-state index contributed by atoms with van der Waals surface area (Å²) < 4.78 is 5.23. The summed E-state index contributed by atoms with van der Waals surface area (Å²) in [5.74, 6) is -0.0429. The summed E-state index contributed by atoms with van der Waals surface area (Å²) in [6.45, 7) is 5.61. The number of carbonyl (C=O) groups is 1. The lowest BCUT2D eigenvalue weighted by molar-refractivity contribution is -0.151. The fourth-order valence-electron chi connectivity index (χ4n) is 2.06. The molecule has 82 valence electrons. The third kappa shape index (κ3) is 2.47. The molecule has 1 saturated heterocycles. The Balaban J connectivity index is 2.52. The summed E-state index contributed by atoms with van der Waals surface area (Å²) in [7, 11) is 0. The molecule has 0 amide bonds. The zero-order valence-electron chi connectivity index (χ0n) is 9.27. The number of ether oxygens (including phenoxy) is 1. The van der Waals surface area contributed by atoms with E-state index in [9.17, 15) is 4.79 Å². The van der Waals surface area contributed by atoms with Crippen LogP contribution in [0.1, 0.15) is 46.0 Å². The summed E-state index contributed by atoms with van der Waals surface area (Å²) in [4.78, 5) is 11.8. The van der Waals surface area contributed by atoms with Gasteiger partial charge in [-0.1, -0.05) is 20.3 Å². The molecular weight excluding hydrogens is 178 g/mol. The third-order valence-electron chi connectivity index (χ3n) is 2.75. The minimum absolute atomic E-state index is 0.0429. The Labute approximate surface area is 86.2 Å². The number of esters is 1. The number of hydrogen-bond acceptors (Lipinski definition) is 3. The van der Waals surface area contributed by atoms with Gasteiger partial charge in [-0.15, -0.1) is 0 Å². The molecule has 0 aromatic rings. The van der Waals surface area contributed by atoms with Gasteiger partial charge in [-0.3, -0.25) is 4.79 Å². The lowest BCUT2D eigenvalue weighted by Gasteiger charge is -2.26. The first-order valence-electron chi connectivity index (χ1n) is 5.67. The summed E-state index contributed by atoms with van der Waals surface area (Å²) in [5.41, 5.74) is -0.357. The largest absolute Gasteiger partial charge is 0.464 e. The van der Waals surface area contributed by atoms with Crippen molar-refractivity contribution in [2.45, 2.75) is 51.5 Å². The van der Waals surface area contributed by atoms with Crippen LogP contribution in [0.2, 0.25) is 0 Å². The van der Waals surface area contributed by atoms with Crippen LogP contribution in [0.5, 0.6) is 0 Å². The zero-order valence-corrected chi connectivity index (χ0v) is 9.27. The monoisotopic (exact) mass is 199 g/mol. The molecule has 0 aromatic carbocycles. The van der Waals surface area contributed by atoms with Crippen LogP contribution in [0.15, 0.2) is 0 Å². The topological polar surface area (TPSA) is 38.3 Å². The molecule has 0 spiro atoms. The second kappa shape index (κ2) is 5.35. The molecule has 0 radical (unpaired) electrons. The van der Waals surface area contributed by atoms with Crippen LogP contribution in [-0.2, 0) is 9.53 Å².